The topological polar surface area (TPSA) is 64.1 Å². The second kappa shape index (κ2) is 7.29. The molecule has 0 unspecified atom stereocenters. The molecular weight excluding hydrogens is 349 g/mol. The number of nitrogens with zero attached hydrogens (tertiary/aromatic N) is 2. The first kappa shape index (κ1) is 16.2. The highest BCUT2D eigenvalue weighted by molar-refractivity contribution is 6.42. The predicted octanol–water partition coefficient (Wildman–Crippen LogP) is 4.83. The molecule has 0 aliphatic heterocycles. The lowest BCUT2D eigenvalue weighted by molar-refractivity contribution is 0.102. The number of benzene rings is 1. The van der Waals surface area contributed by atoms with Crippen LogP contribution in [0.5, 0.6) is 11.6 Å². The third kappa shape index (κ3) is 4.01. The first-order valence-corrected chi connectivity index (χ1v) is 7.68. The molecule has 7 heteroatoms. The largest absolute Gasteiger partial charge is 0.439 e. The second-order valence-electron chi connectivity index (χ2n) is 4.76. The molecule has 120 valence electrons. The molecular formula is C17H11Cl2N3O2. The van der Waals surface area contributed by atoms with Gasteiger partial charge in [-0.05, 0) is 30.3 Å². The van der Waals surface area contributed by atoms with Crippen molar-refractivity contribution in [2.45, 2.75) is 0 Å². The summed E-state index contributed by atoms with van der Waals surface area (Å²) in [4.78, 5) is 20.2. The van der Waals surface area contributed by atoms with E-state index in [4.69, 9.17) is 27.9 Å². The number of amides is 1. The van der Waals surface area contributed by atoms with Gasteiger partial charge in [-0.1, -0.05) is 23.2 Å². The van der Waals surface area contributed by atoms with Gasteiger partial charge in [0.25, 0.3) is 5.91 Å². The Morgan fingerprint density at radius 1 is 1.04 bits per heavy atom. The molecule has 1 aromatic carbocycles. The number of ether oxygens (including phenoxy) is 1. The van der Waals surface area contributed by atoms with Gasteiger partial charge in [-0.25, -0.2) is 4.98 Å². The molecule has 3 aromatic rings. The van der Waals surface area contributed by atoms with Crippen molar-refractivity contribution >= 4 is 34.8 Å². The van der Waals surface area contributed by atoms with Gasteiger partial charge in [-0.15, -0.1) is 0 Å². The Balaban J connectivity index is 1.68. The van der Waals surface area contributed by atoms with Crippen LogP contribution in [0.25, 0.3) is 0 Å². The lowest BCUT2D eigenvalue weighted by Gasteiger charge is -2.07. The molecule has 0 bridgehead atoms. The fraction of sp³-hybridized carbons (Fsp3) is 0. The predicted molar refractivity (Wildman–Crippen MR) is 93.0 cm³/mol. The number of hydrogen-bond acceptors (Lipinski definition) is 4. The summed E-state index contributed by atoms with van der Waals surface area (Å²) in [6.07, 6.45) is 4.62. The number of pyridine rings is 2. The van der Waals surface area contributed by atoms with Crippen molar-refractivity contribution in [2.24, 2.45) is 0 Å². The summed E-state index contributed by atoms with van der Waals surface area (Å²) < 4.78 is 5.57. The molecule has 0 aliphatic rings. The number of halogens is 2. The molecule has 2 aromatic heterocycles. The minimum absolute atomic E-state index is 0.281. The molecule has 0 fully saturated rings. The lowest BCUT2D eigenvalue weighted by Crippen LogP contribution is -2.12. The first-order valence-electron chi connectivity index (χ1n) is 6.92. The van der Waals surface area contributed by atoms with Gasteiger partial charge >= 0.3 is 0 Å². The summed E-state index contributed by atoms with van der Waals surface area (Å²) in [7, 11) is 0. The van der Waals surface area contributed by atoms with Crippen LogP contribution in [-0.2, 0) is 0 Å². The summed E-state index contributed by atoms with van der Waals surface area (Å²) >= 11 is 11.8. The number of aromatic nitrogens is 2. The first-order chi connectivity index (χ1) is 11.6. The van der Waals surface area contributed by atoms with Gasteiger partial charge < -0.3 is 10.1 Å². The Hall–Kier alpha value is -2.63. The molecule has 3 rings (SSSR count). The van der Waals surface area contributed by atoms with E-state index in [1.807, 2.05) is 0 Å². The van der Waals surface area contributed by atoms with E-state index in [0.717, 1.165) is 0 Å². The van der Waals surface area contributed by atoms with Crippen molar-refractivity contribution in [3.8, 4) is 11.6 Å². The Labute approximate surface area is 148 Å². The van der Waals surface area contributed by atoms with Gasteiger partial charge in [-0.2, -0.15) is 0 Å². The number of carbonyl (C=O) groups is 1. The molecule has 2 heterocycles. The molecule has 0 aliphatic carbocycles. The average molecular weight is 360 g/mol. The molecule has 1 N–H and O–H groups in total. The third-order valence-electron chi connectivity index (χ3n) is 3.03. The van der Waals surface area contributed by atoms with Gasteiger partial charge in [0.1, 0.15) is 5.75 Å². The van der Waals surface area contributed by atoms with E-state index in [9.17, 15) is 4.79 Å². The minimum Gasteiger partial charge on any atom is -0.439 e. The Kier molecular flexibility index (Phi) is 4.93. The standard InChI is InChI=1S/C17H11Cl2N3O2/c18-14-5-4-13(8-15(14)19)24-16-6-3-11(9-21-16)17(23)22-12-2-1-7-20-10-12/h1-10H,(H,22,23). The van der Waals surface area contributed by atoms with Crippen LogP contribution in [0, 0.1) is 0 Å². The van der Waals surface area contributed by atoms with Crippen molar-refractivity contribution in [1.82, 2.24) is 9.97 Å². The van der Waals surface area contributed by atoms with E-state index in [1.165, 1.54) is 6.20 Å². The van der Waals surface area contributed by atoms with E-state index in [2.05, 4.69) is 15.3 Å². The molecule has 0 radical (unpaired) electrons. The Morgan fingerprint density at radius 3 is 2.58 bits per heavy atom. The van der Waals surface area contributed by atoms with Crippen molar-refractivity contribution < 1.29 is 9.53 Å². The molecule has 0 saturated heterocycles. The highest BCUT2D eigenvalue weighted by Crippen LogP contribution is 2.28. The molecule has 0 spiro atoms. The van der Waals surface area contributed by atoms with Crippen LogP contribution in [0.2, 0.25) is 10.0 Å². The van der Waals surface area contributed by atoms with Crippen LogP contribution in [0.1, 0.15) is 10.4 Å². The monoisotopic (exact) mass is 359 g/mol. The van der Waals surface area contributed by atoms with Gasteiger partial charge in [0.2, 0.25) is 5.88 Å². The SMILES string of the molecule is O=C(Nc1cccnc1)c1ccc(Oc2ccc(Cl)c(Cl)c2)nc1. The van der Waals surface area contributed by atoms with E-state index >= 15 is 0 Å². The van der Waals surface area contributed by atoms with Gasteiger partial charge in [0.15, 0.2) is 0 Å². The lowest BCUT2D eigenvalue weighted by atomic mass is 10.2. The number of rotatable bonds is 4. The summed E-state index contributed by atoms with van der Waals surface area (Å²) in [5.41, 5.74) is 1.01. The minimum atomic E-state index is -0.281. The van der Waals surface area contributed by atoms with E-state index in [-0.39, 0.29) is 5.91 Å². The highest BCUT2D eigenvalue weighted by Gasteiger charge is 2.08. The van der Waals surface area contributed by atoms with Gasteiger partial charge in [0.05, 0.1) is 27.5 Å². The van der Waals surface area contributed by atoms with E-state index in [1.54, 1.807) is 54.9 Å². The fourth-order valence-corrected chi connectivity index (χ4v) is 2.16. The van der Waals surface area contributed by atoms with Crippen molar-refractivity contribution in [3.05, 3.63) is 76.7 Å². The highest BCUT2D eigenvalue weighted by atomic mass is 35.5. The van der Waals surface area contributed by atoms with Gasteiger partial charge in [0, 0.05) is 24.5 Å². The Bertz CT molecular complexity index is 855. The third-order valence-corrected chi connectivity index (χ3v) is 3.77. The second-order valence-corrected chi connectivity index (χ2v) is 5.57. The number of nitrogens with one attached hydrogen (secondary N) is 1. The van der Waals surface area contributed by atoms with Crippen LogP contribution in [-0.4, -0.2) is 15.9 Å². The fourth-order valence-electron chi connectivity index (χ4n) is 1.88. The zero-order valence-electron chi connectivity index (χ0n) is 12.2. The summed E-state index contributed by atoms with van der Waals surface area (Å²) in [5, 5.41) is 3.56. The van der Waals surface area contributed by atoms with E-state index < -0.39 is 0 Å². The number of hydrogen-bond donors (Lipinski definition) is 1. The number of anilines is 1. The number of carbonyl (C=O) groups excluding carboxylic acids is 1. The molecule has 1 amide bonds. The average Bonchev–Trinajstić information content (AvgIpc) is 2.60. The van der Waals surface area contributed by atoms with Crippen molar-refractivity contribution in [1.29, 1.82) is 0 Å². The normalized spacial score (nSPS) is 10.2. The van der Waals surface area contributed by atoms with Crippen LogP contribution in [0.4, 0.5) is 5.69 Å². The van der Waals surface area contributed by atoms with E-state index in [0.29, 0.717) is 32.9 Å². The summed E-state index contributed by atoms with van der Waals surface area (Å²) in [6, 6.07) is 11.6. The zero-order chi connectivity index (χ0) is 16.9. The van der Waals surface area contributed by atoms with Crippen LogP contribution < -0.4 is 10.1 Å². The zero-order valence-corrected chi connectivity index (χ0v) is 13.8. The van der Waals surface area contributed by atoms with Crippen LogP contribution in [0.3, 0.4) is 0 Å². The maximum absolute atomic E-state index is 12.1. The van der Waals surface area contributed by atoms with Crippen LogP contribution in [0.15, 0.2) is 61.1 Å². The quantitative estimate of drug-likeness (QED) is 0.724. The van der Waals surface area contributed by atoms with Crippen molar-refractivity contribution in [3.63, 3.8) is 0 Å². The molecule has 0 saturated carbocycles. The van der Waals surface area contributed by atoms with Gasteiger partial charge in [-0.3, -0.25) is 9.78 Å². The molecule has 0 atom stereocenters. The maximum atomic E-state index is 12.1. The van der Waals surface area contributed by atoms with Crippen molar-refractivity contribution in [2.75, 3.05) is 5.32 Å². The molecule has 5 nitrogen and oxygen atoms in total. The Morgan fingerprint density at radius 2 is 1.92 bits per heavy atom. The maximum Gasteiger partial charge on any atom is 0.257 e. The molecule has 24 heavy (non-hydrogen) atoms. The smallest absolute Gasteiger partial charge is 0.257 e. The van der Waals surface area contributed by atoms with Crippen LogP contribution >= 0.6 is 23.2 Å². The summed E-state index contributed by atoms with van der Waals surface area (Å²) in [6.45, 7) is 0. The summed E-state index contributed by atoms with van der Waals surface area (Å²) in [5.74, 6) is 0.562.